The number of aromatic nitrogens is 3. The third-order valence-electron chi connectivity index (χ3n) is 3.86. The van der Waals surface area contributed by atoms with Crippen molar-refractivity contribution < 1.29 is 23.0 Å². The monoisotopic (exact) mass is 393 g/mol. The maximum absolute atomic E-state index is 13.7. The molecule has 1 aliphatic rings. The van der Waals surface area contributed by atoms with Gasteiger partial charge in [0.05, 0.1) is 25.1 Å². The molecule has 2 N–H and O–H groups in total. The molecule has 0 bridgehead atoms. The van der Waals surface area contributed by atoms with E-state index >= 15 is 0 Å². The van der Waals surface area contributed by atoms with Crippen molar-refractivity contribution in [3.63, 3.8) is 0 Å². The normalized spacial score (nSPS) is 16.7. The summed E-state index contributed by atoms with van der Waals surface area (Å²) in [5.74, 6) is -3.19. The van der Waals surface area contributed by atoms with Crippen LogP contribution in [-0.4, -0.2) is 40.2 Å². The summed E-state index contributed by atoms with van der Waals surface area (Å²) in [6.45, 7) is 4.75. The summed E-state index contributed by atoms with van der Waals surface area (Å²) in [5, 5.41) is 5.55. The predicted molar refractivity (Wildman–Crippen MR) is 98.0 cm³/mol. The Kier molecular flexibility index (Phi) is 5.68. The van der Waals surface area contributed by atoms with Crippen LogP contribution >= 0.6 is 0 Å². The minimum atomic E-state index is -3.18. The van der Waals surface area contributed by atoms with Crippen molar-refractivity contribution in [2.24, 2.45) is 0 Å². The number of carbonyl (C=O) groups excluding carboxylic acids is 1. The number of amides is 1. The number of hydrogen-bond donors (Lipinski definition) is 2. The first-order valence-corrected chi connectivity index (χ1v) is 8.74. The smallest absolute Gasteiger partial charge is 0.303 e. The molecule has 150 valence electrons. The van der Waals surface area contributed by atoms with Gasteiger partial charge in [-0.25, -0.2) is 15.0 Å². The molecule has 3 rings (SSSR count). The summed E-state index contributed by atoms with van der Waals surface area (Å²) in [6, 6.07) is 3.09. The minimum Gasteiger partial charge on any atom is -0.484 e. The zero-order valence-corrected chi connectivity index (χ0v) is 15.8. The van der Waals surface area contributed by atoms with Crippen molar-refractivity contribution >= 4 is 23.2 Å². The molecule has 1 amide bonds. The summed E-state index contributed by atoms with van der Waals surface area (Å²) in [7, 11) is 0. The third-order valence-corrected chi connectivity index (χ3v) is 3.86. The Morgan fingerprint density at radius 2 is 2.11 bits per heavy atom. The Morgan fingerprint density at radius 1 is 1.32 bits per heavy atom. The van der Waals surface area contributed by atoms with E-state index < -0.39 is 11.7 Å². The van der Waals surface area contributed by atoms with Crippen LogP contribution < -0.4 is 15.4 Å². The van der Waals surface area contributed by atoms with Crippen LogP contribution in [0, 0.1) is 6.92 Å². The number of halogens is 2. The van der Waals surface area contributed by atoms with Gasteiger partial charge in [-0.3, -0.25) is 4.79 Å². The lowest BCUT2D eigenvalue weighted by Gasteiger charge is -2.18. The van der Waals surface area contributed by atoms with Crippen molar-refractivity contribution in [2.75, 3.05) is 23.8 Å². The van der Waals surface area contributed by atoms with Crippen LogP contribution in [0.25, 0.3) is 0 Å². The first-order valence-electron chi connectivity index (χ1n) is 8.74. The maximum Gasteiger partial charge on any atom is 0.303 e. The molecule has 0 aliphatic carbocycles. The van der Waals surface area contributed by atoms with Gasteiger partial charge in [-0.05, 0) is 6.92 Å². The molecule has 10 heteroatoms. The lowest BCUT2D eigenvalue weighted by Crippen LogP contribution is -2.17. The first kappa shape index (κ1) is 19.9. The zero-order chi connectivity index (χ0) is 20.3. The minimum absolute atomic E-state index is 0.142. The highest BCUT2D eigenvalue weighted by atomic mass is 19.3. The second-order valence-electron chi connectivity index (χ2n) is 6.58. The van der Waals surface area contributed by atoms with Crippen LogP contribution in [0.5, 0.6) is 5.75 Å². The molecule has 1 saturated heterocycles. The highest BCUT2D eigenvalue weighted by Gasteiger charge is 2.29. The predicted octanol–water partition coefficient (Wildman–Crippen LogP) is 3.16. The number of rotatable bonds is 6. The number of hydrogen-bond acceptors (Lipinski definition) is 7. The van der Waals surface area contributed by atoms with Gasteiger partial charge in [0.15, 0.2) is 5.75 Å². The molecule has 0 aromatic carbocycles. The standard InChI is InChI=1S/C18H21F2N5O3/c1-10-6-16(25-17(22-10)18(3,19)20)24-13-7-15(23-11(2)26)21-8-14(13)28-12-4-5-27-9-12/h6-8,12H,4-5,9H2,1-3H3,(H2,21,22,23,24,25,26)/t12-/m1/s1. The van der Waals surface area contributed by atoms with Gasteiger partial charge in [0.2, 0.25) is 11.7 Å². The molecule has 2 aromatic heterocycles. The lowest BCUT2D eigenvalue weighted by atomic mass is 10.3. The van der Waals surface area contributed by atoms with Crippen LogP contribution in [0.2, 0.25) is 0 Å². The van der Waals surface area contributed by atoms with Gasteiger partial charge >= 0.3 is 5.92 Å². The fraction of sp³-hybridized carbons (Fsp3) is 0.444. The Labute approximate surface area is 160 Å². The van der Waals surface area contributed by atoms with E-state index in [0.717, 1.165) is 13.3 Å². The fourth-order valence-electron chi connectivity index (χ4n) is 2.64. The molecule has 0 spiro atoms. The van der Waals surface area contributed by atoms with Gasteiger partial charge in [0, 0.05) is 38.1 Å². The molecule has 8 nitrogen and oxygen atoms in total. The number of anilines is 3. The molecule has 0 radical (unpaired) electrons. The fourth-order valence-corrected chi connectivity index (χ4v) is 2.64. The van der Waals surface area contributed by atoms with Gasteiger partial charge in [-0.2, -0.15) is 8.78 Å². The highest BCUT2D eigenvalue weighted by molar-refractivity contribution is 5.88. The molecular weight excluding hydrogens is 372 g/mol. The molecule has 3 heterocycles. The highest BCUT2D eigenvalue weighted by Crippen LogP contribution is 2.32. The summed E-state index contributed by atoms with van der Waals surface area (Å²) in [4.78, 5) is 23.2. The second-order valence-corrected chi connectivity index (χ2v) is 6.58. The van der Waals surface area contributed by atoms with E-state index in [-0.39, 0.29) is 23.6 Å². The largest absolute Gasteiger partial charge is 0.484 e. The summed E-state index contributed by atoms with van der Waals surface area (Å²) in [5.41, 5.74) is 0.811. The molecule has 28 heavy (non-hydrogen) atoms. The first-order chi connectivity index (χ1) is 13.2. The van der Waals surface area contributed by atoms with Crippen LogP contribution in [0.3, 0.4) is 0 Å². The Morgan fingerprint density at radius 3 is 2.75 bits per heavy atom. The summed E-state index contributed by atoms with van der Waals surface area (Å²) < 4.78 is 38.5. The van der Waals surface area contributed by atoms with Gasteiger partial charge in [0.25, 0.3) is 0 Å². The molecule has 1 atom stereocenters. The van der Waals surface area contributed by atoms with Crippen molar-refractivity contribution in [1.29, 1.82) is 0 Å². The molecular formula is C18H21F2N5O3. The van der Waals surface area contributed by atoms with E-state index in [2.05, 4.69) is 25.6 Å². The van der Waals surface area contributed by atoms with Gasteiger partial charge in [0.1, 0.15) is 17.7 Å². The Hall–Kier alpha value is -2.88. The van der Waals surface area contributed by atoms with Crippen molar-refractivity contribution in [3.05, 3.63) is 29.8 Å². The van der Waals surface area contributed by atoms with E-state index in [9.17, 15) is 13.6 Å². The third kappa shape index (κ3) is 5.10. The quantitative estimate of drug-likeness (QED) is 0.778. The van der Waals surface area contributed by atoms with Crippen LogP contribution in [0.4, 0.5) is 26.1 Å². The molecule has 1 aliphatic heterocycles. The van der Waals surface area contributed by atoms with Gasteiger partial charge in [-0.15, -0.1) is 0 Å². The second kappa shape index (κ2) is 8.01. The summed E-state index contributed by atoms with van der Waals surface area (Å²) >= 11 is 0. The van der Waals surface area contributed by atoms with E-state index in [1.54, 1.807) is 13.0 Å². The number of alkyl halides is 2. The van der Waals surface area contributed by atoms with Crippen LogP contribution in [0.15, 0.2) is 18.3 Å². The van der Waals surface area contributed by atoms with E-state index in [1.165, 1.54) is 19.2 Å². The number of ether oxygens (including phenoxy) is 2. The van der Waals surface area contributed by atoms with Gasteiger partial charge < -0.3 is 20.1 Å². The summed E-state index contributed by atoms with van der Waals surface area (Å²) in [6.07, 6.45) is 2.04. The number of nitrogens with one attached hydrogen (secondary N) is 2. The number of nitrogens with zero attached hydrogens (tertiary/aromatic N) is 3. The van der Waals surface area contributed by atoms with Crippen molar-refractivity contribution in [2.45, 2.75) is 39.2 Å². The van der Waals surface area contributed by atoms with Crippen LogP contribution in [-0.2, 0) is 15.5 Å². The van der Waals surface area contributed by atoms with Crippen LogP contribution in [0.1, 0.15) is 31.8 Å². The number of aryl methyl sites for hydroxylation is 1. The average Bonchev–Trinajstić information content (AvgIpc) is 3.08. The van der Waals surface area contributed by atoms with E-state index in [0.29, 0.717) is 30.3 Å². The Balaban J connectivity index is 1.93. The van der Waals surface area contributed by atoms with E-state index in [1.807, 2.05) is 0 Å². The Bertz CT molecular complexity index is 867. The van der Waals surface area contributed by atoms with Gasteiger partial charge in [-0.1, -0.05) is 0 Å². The molecule has 1 fully saturated rings. The topological polar surface area (TPSA) is 98.3 Å². The number of carbonyl (C=O) groups is 1. The van der Waals surface area contributed by atoms with E-state index in [4.69, 9.17) is 9.47 Å². The molecule has 0 unspecified atom stereocenters. The molecule has 0 saturated carbocycles. The van der Waals surface area contributed by atoms with Crippen molar-refractivity contribution in [3.8, 4) is 5.75 Å². The van der Waals surface area contributed by atoms with Crippen molar-refractivity contribution in [1.82, 2.24) is 15.0 Å². The lowest BCUT2D eigenvalue weighted by molar-refractivity contribution is -0.114. The average molecular weight is 393 g/mol. The zero-order valence-electron chi connectivity index (χ0n) is 15.8. The molecule has 2 aromatic rings. The number of pyridine rings is 1. The maximum atomic E-state index is 13.7. The SMILES string of the molecule is CC(=O)Nc1cc(Nc2cc(C)nc(C(C)(F)F)n2)c(O[C@@H]2CCOC2)cn1.